The van der Waals surface area contributed by atoms with Gasteiger partial charge in [-0.15, -0.1) is 0 Å². The number of aryl methyl sites for hydroxylation is 2. The van der Waals surface area contributed by atoms with Crippen molar-refractivity contribution in [1.82, 2.24) is 9.97 Å². The van der Waals surface area contributed by atoms with Gasteiger partial charge < -0.3 is 20.4 Å². The molecule has 2 amide bonds. The summed E-state index contributed by atoms with van der Waals surface area (Å²) in [6, 6.07) is 20.4. The van der Waals surface area contributed by atoms with Crippen molar-refractivity contribution in [2.45, 2.75) is 12.8 Å². The van der Waals surface area contributed by atoms with Gasteiger partial charge in [-0.05, 0) is 54.4 Å². The summed E-state index contributed by atoms with van der Waals surface area (Å²) in [6.07, 6.45) is 1.67. The second-order valence-corrected chi connectivity index (χ2v) is 7.26. The summed E-state index contributed by atoms with van der Waals surface area (Å²) in [5.74, 6) is 1.50. The Labute approximate surface area is 179 Å². The van der Waals surface area contributed by atoms with E-state index in [9.17, 15) is 4.79 Å². The molecule has 30 heavy (non-hydrogen) atoms. The van der Waals surface area contributed by atoms with Gasteiger partial charge >= 0.3 is 6.03 Å². The topological polar surface area (TPSA) is 79.0 Å². The number of anilines is 2. The number of para-hydroxylation sites is 2. The first-order valence-electron chi connectivity index (χ1n) is 9.55. The van der Waals surface area contributed by atoms with E-state index in [1.165, 1.54) is 7.11 Å². The van der Waals surface area contributed by atoms with Crippen molar-refractivity contribution >= 4 is 40.0 Å². The molecule has 3 N–H and O–H groups in total. The zero-order valence-electron chi connectivity index (χ0n) is 16.4. The number of rotatable bonds is 6. The molecule has 0 aliphatic carbocycles. The van der Waals surface area contributed by atoms with E-state index in [4.69, 9.17) is 16.3 Å². The number of carbonyl (C=O) groups excluding carboxylic acids is 1. The number of nitrogens with zero attached hydrogens (tertiary/aromatic N) is 1. The quantitative estimate of drug-likeness (QED) is 0.377. The van der Waals surface area contributed by atoms with Crippen molar-refractivity contribution < 1.29 is 9.53 Å². The summed E-state index contributed by atoms with van der Waals surface area (Å²) in [6.45, 7) is 0. The molecule has 0 atom stereocenters. The molecule has 0 unspecified atom stereocenters. The van der Waals surface area contributed by atoms with Crippen molar-refractivity contribution in [2.24, 2.45) is 0 Å². The fraction of sp³-hybridized carbons (Fsp3) is 0.130. The van der Waals surface area contributed by atoms with Crippen LogP contribution in [0.15, 0.2) is 66.7 Å². The third kappa shape index (κ3) is 4.72. The molecule has 7 heteroatoms. The summed E-state index contributed by atoms with van der Waals surface area (Å²) in [5.41, 5.74) is 4.40. The molecule has 0 aliphatic heterocycles. The van der Waals surface area contributed by atoms with Gasteiger partial charge in [0.05, 0.1) is 23.8 Å². The molecule has 0 aliphatic rings. The van der Waals surface area contributed by atoms with E-state index in [-0.39, 0.29) is 6.03 Å². The van der Waals surface area contributed by atoms with E-state index < -0.39 is 0 Å². The molecule has 0 saturated carbocycles. The van der Waals surface area contributed by atoms with Gasteiger partial charge in [-0.3, -0.25) is 0 Å². The van der Waals surface area contributed by atoms with Gasteiger partial charge in [0.15, 0.2) is 0 Å². The lowest BCUT2D eigenvalue weighted by Gasteiger charge is -2.12. The largest absolute Gasteiger partial charge is 0.495 e. The Kier molecular flexibility index (Phi) is 5.86. The maximum atomic E-state index is 12.3. The average Bonchev–Trinajstić information content (AvgIpc) is 3.16. The third-order valence-electron chi connectivity index (χ3n) is 4.71. The Morgan fingerprint density at radius 3 is 2.60 bits per heavy atom. The number of aromatic nitrogens is 2. The lowest BCUT2D eigenvalue weighted by atomic mass is 10.1. The van der Waals surface area contributed by atoms with Gasteiger partial charge in [-0.2, -0.15) is 0 Å². The van der Waals surface area contributed by atoms with E-state index in [0.717, 1.165) is 35.3 Å². The van der Waals surface area contributed by atoms with Gasteiger partial charge in [0.25, 0.3) is 0 Å². The molecular formula is C23H21ClN4O2. The average molecular weight is 421 g/mol. The SMILES string of the molecule is COc1ccc(Cl)cc1NC(=O)Nc1ccc(CCc2nc3ccccc3[nH]2)cc1. The highest BCUT2D eigenvalue weighted by atomic mass is 35.5. The van der Waals surface area contributed by atoms with Gasteiger partial charge in [0, 0.05) is 17.1 Å². The zero-order chi connectivity index (χ0) is 20.9. The fourth-order valence-corrected chi connectivity index (χ4v) is 3.38. The van der Waals surface area contributed by atoms with Crippen LogP contribution in [0.25, 0.3) is 11.0 Å². The van der Waals surface area contributed by atoms with Gasteiger partial charge in [0.2, 0.25) is 0 Å². The Balaban J connectivity index is 1.34. The highest BCUT2D eigenvalue weighted by Gasteiger charge is 2.09. The van der Waals surface area contributed by atoms with Crippen LogP contribution in [0, 0.1) is 0 Å². The first-order valence-corrected chi connectivity index (χ1v) is 9.92. The second-order valence-electron chi connectivity index (χ2n) is 6.82. The molecule has 0 fully saturated rings. The summed E-state index contributed by atoms with van der Waals surface area (Å²) < 4.78 is 5.24. The van der Waals surface area contributed by atoms with Crippen LogP contribution >= 0.6 is 11.6 Å². The van der Waals surface area contributed by atoms with Crippen LogP contribution in [0.3, 0.4) is 0 Å². The van der Waals surface area contributed by atoms with Crippen molar-refractivity contribution in [3.63, 3.8) is 0 Å². The normalized spacial score (nSPS) is 10.7. The number of ether oxygens (including phenoxy) is 1. The number of hydrogen-bond donors (Lipinski definition) is 3. The molecule has 4 rings (SSSR count). The van der Waals surface area contributed by atoms with Crippen molar-refractivity contribution in [2.75, 3.05) is 17.7 Å². The van der Waals surface area contributed by atoms with Crippen molar-refractivity contribution in [1.29, 1.82) is 0 Å². The minimum atomic E-state index is -0.370. The van der Waals surface area contributed by atoms with Crippen LogP contribution in [0.1, 0.15) is 11.4 Å². The van der Waals surface area contributed by atoms with Crippen LogP contribution in [0.2, 0.25) is 5.02 Å². The van der Waals surface area contributed by atoms with E-state index in [0.29, 0.717) is 22.1 Å². The number of methoxy groups -OCH3 is 1. The molecular weight excluding hydrogens is 400 g/mol. The van der Waals surface area contributed by atoms with Gasteiger partial charge in [-0.25, -0.2) is 9.78 Å². The van der Waals surface area contributed by atoms with Crippen molar-refractivity contribution in [3.8, 4) is 5.75 Å². The number of fused-ring (bicyclic) bond motifs is 1. The molecule has 0 radical (unpaired) electrons. The zero-order valence-corrected chi connectivity index (χ0v) is 17.2. The molecule has 3 aromatic carbocycles. The third-order valence-corrected chi connectivity index (χ3v) is 4.95. The van der Waals surface area contributed by atoms with Gasteiger partial charge in [0.1, 0.15) is 11.6 Å². The lowest BCUT2D eigenvalue weighted by Crippen LogP contribution is -2.19. The number of hydrogen-bond acceptors (Lipinski definition) is 3. The number of carbonyl (C=O) groups is 1. The van der Waals surface area contributed by atoms with Gasteiger partial charge in [-0.1, -0.05) is 35.9 Å². The molecule has 4 aromatic rings. The molecule has 0 bridgehead atoms. The number of benzene rings is 3. The van der Waals surface area contributed by atoms with Crippen LogP contribution in [0.4, 0.5) is 16.2 Å². The molecule has 1 aromatic heterocycles. The first-order chi connectivity index (χ1) is 14.6. The molecule has 1 heterocycles. The second kappa shape index (κ2) is 8.88. The minimum absolute atomic E-state index is 0.370. The Morgan fingerprint density at radius 1 is 1.03 bits per heavy atom. The first kappa shape index (κ1) is 19.8. The van der Waals surface area contributed by atoms with Crippen LogP contribution in [0.5, 0.6) is 5.75 Å². The monoisotopic (exact) mass is 420 g/mol. The lowest BCUT2D eigenvalue weighted by molar-refractivity contribution is 0.262. The smallest absolute Gasteiger partial charge is 0.323 e. The summed E-state index contributed by atoms with van der Waals surface area (Å²) in [7, 11) is 1.54. The molecule has 152 valence electrons. The van der Waals surface area contributed by atoms with E-state index in [1.54, 1.807) is 18.2 Å². The van der Waals surface area contributed by atoms with E-state index in [1.807, 2.05) is 48.5 Å². The van der Waals surface area contributed by atoms with E-state index in [2.05, 4.69) is 20.6 Å². The molecule has 0 spiro atoms. The predicted molar refractivity (Wildman–Crippen MR) is 121 cm³/mol. The number of amides is 2. The highest BCUT2D eigenvalue weighted by Crippen LogP contribution is 2.27. The Bertz CT molecular complexity index is 1140. The number of imidazole rings is 1. The standard InChI is InChI=1S/C23H21ClN4O2/c1-30-21-12-9-16(24)14-20(21)28-23(29)25-17-10-6-15(7-11-17)8-13-22-26-18-4-2-3-5-19(18)27-22/h2-7,9-12,14H,8,13H2,1H3,(H,26,27)(H2,25,28,29). The summed E-state index contributed by atoms with van der Waals surface area (Å²) in [5, 5.41) is 6.08. The minimum Gasteiger partial charge on any atom is -0.495 e. The van der Waals surface area contributed by atoms with Crippen LogP contribution in [-0.2, 0) is 12.8 Å². The number of nitrogens with one attached hydrogen (secondary N) is 3. The maximum Gasteiger partial charge on any atom is 0.323 e. The van der Waals surface area contributed by atoms with E-state index >= 15 is 0 Å². The highest BCUT2D eigenvalue weighted by molar-refractivity contribution is 6.31. The van der Waals surface area contributed by atoms with Crippen molar-refractivity contribution in [3.05, 3.63) is 83.1 Å². The fourth-order valence-electron chi connectivity index (χ4n) is 3.20. The number of urea groups is 1. The predicted octanol–water partition coefficient (Wildman–Crippen LogP) is 5.65. The summed E-state index contributed by atoms with van der Waals surface area (Å²) in [4.78, 5) is 20.3. The molecule has 0 saturated heterocycles. The number of aromatic amines is 1. The summed E-state index contributed by atoms with van der Waals surface area (Å²) >= 11 is 6.00. The number of halogens is 1. The maximum absolute atomic E-state index is 12.3. The Hall–Kier alpha value is -3.51. The number of H-pyrrole nitrogens is 1. The molecule has 6 nitrogen and oxygen atoms in total. The van der Waals surface area contributed by atoms with Crippen LogP contribution < -0.4 is 15.4 Å². The van der Waals surface area contributed by atoms with Crippen LogP contribution in [-0.4, -0.2) is 23.1 Å². The Morgan fingerprint density at radius 2 is 1.83 bits per heavy atom.